The Morgan fingerprint density at radius 2 is 1.89 bits per heavy atom. The molecule has 0 amide bonds. The lowest BCUT2D eigenvalue weighted by Gasteiger charge is -2.33. The summed E-state index contributed by atoms with van der Waals surface area (Å²) in [6.07, 6.45) is 5.10. The zero-order chi connectivity index (χ0) is 13.2. The third kappa shape index (κ3) is 2.76. The molecule has 1 aromatic carbocycles. The van der Waals surface area contributed by atoms with Crippen LogP contribution in [0.3, 0.4) is 0 Å². The normalized spacial score (nSPS) is 20.0. The van der Waals surface area contributed by atoms with Crippen molar-refractivity contribution in [3.63, 3.8) is 0 Å². The summed E-state index contributed by atoms with van der Waals surface area (Å²) < 4.78 is 0. The van der Waals surface area contributed by atoms with Crippen LogP contribution in [0, 0.1) is 13.8 Å². The van der Waals surface area contributed by atoms with Crippen molar-refractivity contribution in [2.45, 2.75) is 58.0 Å². The molecule has 2 rings (SSSR count). The highest BCUT2D eigenvalue weighted by molar-refractivity contribution is 5.34. The molecule has 1 aliphatic rings. The van der Waals surface area contributed by atoms with Gasteiger partial charge in [0, 0.05) is 6.04 Å². The summed E-state index contributed by atoms with van der Waals surface area (Å²) in [5.41, 5.74) is 3.48. The van der Waals surface area contributed by atoms with Crippen molar-refractivity contribution in [3.8, 4) is 0 Å². The molecule has 1 unspecified atom stereocenters. The van der Waals surface area contributed by atoms with Crippen LogP contribution in [0.2, 0.25) is 0 Å². The third-order valence-electron chi connectivity index (χ3n) is 4.34. The Morgan fingerprint density at radius 1 is 1.22 bits per heavy atom. The summed E-state index contributed by atoms with van der Waals surface area (Å²) in [5, 5.41) is 13.5. The Balaban J connectivity index is 2.21. The number of aryl methyl sites for hydroxylation is 2. The summed E-state index contributed by atoms with van der Waals surface area (Å²) in [7, 11) is 0. The van der Waals surface area contributed by atoms with Crippen LogP contribution in [0.1, 0.15) is 49.3 Å². The summed E-state index contributed by atoms with van der Waals surface area (Å²) >= 11 is 0. The van der Waals surface area contributed by atoms with Crippen LogP contribution in [0.4, 0.5) is 0 Å². The van der Waals surface area contributed by atoms with E-state index in [1.54, 1.807) is 0 Å². The van der Waals surface area contributed by atoms with E-state index >= 15 is 0 Å². The molecule has 0 saturated heterocycles. The minimum atomic E-state index is -0.312. The first-order chi connectivity index (χ1) is 8.55. The maximum absolute atomic E-state index is 9.80. The molecule has 1 saturated carbocycles. The summed E-state index contributed by atoms with van der Waals surface area (Å²) in [6.45, 7) is 6.51. The van der Waals surface area contributed by atoms with Crippen molar-refractivity contribution in [2.75, 3.05) is 6.61 Å². The van der Waals surface area contributed by atoms with Gasteiger partial charge in [0.25, 0.3) is 0 Å². The van der Waals surface area contributed by atoms with Crippen molar-refractivity contribution in [1.29, 1.82) is 0 Å². The van der Waals surface area contributed by atoms with Gasteiger partial charge in [0.2, 0.25) is 0 Å². The maximum atomic E-state index is 9.80. The first-order valence-electron chi connectivity index (χ1n) is 7.01. The number of nitrogens with one attached hydrogen (secondary N) is 1. The molecule has 1 aliphatic carbocycles. The molecule has 0 heterocycles. The number of benzene rings is 1. The molecule has 0 aliphatic heterocycles. The molecule has 2 heteroatoms. The highest BCUT2D eigenvalue weighted by Crippen LogP contribution is 2.27. The van der Waals surface area contributed by atoms with E-state index in [4.69, 9.17) is 0 Å². The van der Waals surface area contributed by atoms with E-state index < -0.39 is 0 Å². The van der Waals surface area contributed by atoms with Crippen LogP contribution in [-0.4, -0.2) is 17.8 Å². The van der Waals surface area contributed by atoms with E-state index in [9.17, 15) is 5.11 Å². The fraction of sp³-hybridized carbons (Fsp3) is 0.625. The van der Waals surface area contributed by atoms with Gasteiger partial charge in [-0.05, 0) is 50.3 Å². The van der Waals surface area contributed by atoms with Gasteiger partial charge in [-0.1, -0.05) is 31.0 Å². The first kappa shape index (κ1) is 13.6. The Morgan fingerprint density at radius 3 is 2.44 bits per heavy atom. The molecule has 2 N–H and O–H groups in total. The zero-order valence-electron chi connectivity index (χ0n) is 11.8. The number of hydrogen-bond acceptors (Lipinski definition) is 2. The van der Waals surface area contributed by atoms with Crippen LogP contribution in [0.5, 0.6) is 0 Å². The Labute approximate surface area is 110 Å². The number of rotatable bonds is 4. The van der Waals surface area contributed by atoms with E-state index in [0.29, 0.717) is 6.04 Å². The average molecular weight is 247 g/mol. The van der Waals surface area contributed by atoms with Gasteiger partial charge in [-0.3, -0.25) is 0 Å². The summed E-state index contributed by atoms with van der Waals surface area (Å²) in [5.74, 6) is 0. The first-order valence-corrected chi connectivity index (χ1v) is 7.01. The quantitative estimate of drug-likeness (QED) is 0.857. The van der Waals surface area contributed by atoms with Crippen molar-refractivity contribution < 1.29 is 5.11 Å². The fourth-order valence-electron chi connectivity index (χ4n) is 2.83. The molecular formula is C16H25NO. The molecule has 2 nitrogen and oxygen atoms in total. The molecule has 100 valence electrons. The zero-order valence-corrected chi connectivity index (χ0v) is 11.8. The monoisotopic (exact) mass is 247 g/mol. The minimum absolute atomic E-state index is 0.145. The number of hydrogen-bond donors (Lipinski definition) is 2. The number of aliphatic hydroxyl groups is 1. The fourth-order valence-corrected chi connectivity index (χ4v) is 2.83. The van der Waals surface area contributed by atoms with Crippen molar-refractivity contribution >= 4 is 0 Å². The van der Waals surface area contributed by atoms with E-state index in [-0.39, 0.29) is 12.1 Å². The van der Waals surface area contributed by atoms with Crippen LogP contribution in [0.25, 0.3) is 0 Å². The van der Waals surface area contributed by atoms with E-state index in [1.165, 1.54) is 42.4 Å². The maximum Gasteiger partial charge on any atom is 0.0652 e. The molecule has 0 bridgehead atoms. The van der Waals surface area contributed by atoms with E-state index in [1.807, 2.05) is 0 Å². The number of aliphatic hydroxyl groups excluding tert-OH is 1. The van der Waals surface area contributed by atoms with Crippen LogP contribution in [0.15, 0.2) is 18.2 Å². The van der Waals surface area contributed by atoms with Gasteiger partial charge in [-0.25, -0.2) is 0 Å². The second kappa shape index (κ2) is 5.41. The highest BCUT2D eigenvalue weighted by Gasteiger charge is 2.30. The molecule has 1 fully saturated rings. The Hall–Kier alpha value is -0.860. The minimum Gasteiger partial charge on any atom is -0.394 e. The lowest BCUT2D eigenvalue weighted by molar-refractivity contribution is 0.161. The second-order valence-electron chi connectivity index (χ2n) is 5.91. The Bertz CT molecular complexity index is 410. The molecule has 18 heavy (non-hydrogen) atoms. The standard InChI is InChI=1S/C16H25NO/c1-12-8-9-14(10-13(12)2)16(3,11-18)17-15-6-4-5-7-15/h8-10,15,17-18H,4-7,11H2,1-3H3. The topological polar surface area (TPSA) is 32.3 Å². The predicted octanol–water partition coefficient (Wildman–Crippen LogP) is 3.04. The van der Waals surface area contributed by atoms with Gasteiger partial charge in [0.1, 0.15) is 0 Å². The average Bonchev–Trinajstić information content (AvgIpc) is 2.85. The van der Waals surface area contributed by atoms with Gasteiger partial charge in [0.15, 0.2) is 0 Å². The molecule has 0 radical (unpaired) electrons. The van der Waals surface area contributed by atoms with Crippen molar-refractivity contribution in [2.24, 2.45) is 0 Å². The lowest BCUT2D eigenvalue weighted by Crippen LogP contribution is -2.47. The lowest BCUT2D eigenvalue weighted by atomic mass is 9.89. The summed E-state index contributed by atoms with van der Waals surface area (Å²) in [6, 6.07) is 7.05. The molecule has 1 aromatic rings. The van der Waals surface area contributed by atoms with Gasteiger partial charge in [-0.15, -0.1) is 0 Å². The molecule has 1 atom stereocenters. The SMILES string of the molecule is Cc1ccc(C(C)(CO)NC2CCCC2)cc1C. The summed E-state index contributed by atoms with van der Waals surface area (Å²) in [4.78, 5) is 0. The molecule has 0 spiro atoms. The van der Waals surface area contributed by atoms with E-state index in [0.717, 1.165) is 0 Å². The van der Waals surface area contributed by atoms with Crippen molar-refractivity contribution in [1.82, 2.24) is 5.32 Å². The van der Waals surface area contributed by atoms with Gasteiger partial charge in [-0.2, -0.15) is 0 Å². The van der Waals surface area contributed by atoms with Crippen LogP contribution >= 0.6 is 0 Å². The van der Waals surface area contributed by atoms with Crippen LogP contribution in [-0.2, 0) is 5.54 Å². The van der Waals surface area contributed by atoms with Crippen molar-refractivity contribution in [3.05, 3.63) is 34.9 Å². The predicted molar refractivity (Wildman–Crippen MR) is 75.7 cm³/mol. The molecular weight excluding hydrogens is 222 g/mol. The van der Waals surface area contributed by atoms with Gasteiger partial charge >= 0.3 is 0 Å². The second-order valence-corrected chi connectivity index (χ2v) is 5.91. The smallest absolute Gasteiger partial charge is 0.0652 e. The van der Waals surface area contributed by atoms with Gasteiger partial charge in [0.05, 0.1) is 12.1 Å². The Kier molecular flexibility index (Phi) is 4.08. The highest BCUT2D eigenvalue weighted by atomic mass is 16.3. The molecule has 0 aromatic heterocycles. The third-order valence-corrected chi connectivity index (χ3v) is 4.34. The largest absolute Gasteiger partial charge is 0.394 e. The van der Waals surface area contributed by atoms with Crippen LogP contribution < -0.4 is 5.32 Å². The van der Waals surface area contributed by atoms with E-state index in [2.05, 4.69) is 44.3 Å². The van der Waals surface area contributed by atoms with Gasteiger partial charge < -0.3 is 10.4 Å².